The van der Waals surface area contributed by atoms with Gasteiger partial charge in [-0.2, -0.15) is 0 Å². The van der Waals surface area contributed by atoms with E-state index in [2.05, 4.69) is 33.9 Å². The van der Waals surface area contributed by atoms with Gasteiger partial charge in [0.05, 0.1) is 7.11 Å². The summed E-state index contributed by atoms with van der Waals surface area (Å²) >= 11 is 0. The zero-order valence-electron chi connectivity index (χ0n) is 13.2. The number of rotatable bonds is 4. The van der Waals surface area contributed by atoms with Crippen molar-refractivity contribution >= 4 is 20.4 Å². The molecule has 1 rings (SSSR count). The van der Waals surface area contributed by atoms with Crippen molar-refractivity contribution in [1.29, 1.82) is 0 Å². The first-order chi connectivity index (χ1) is 9.15. The fourth-order valence-electron chi connectivity index (χ4n) is 1.35. The molecule has 0 N–H and O–H groups in total. The molecule has 0 aliphatic carbocycles. The molecule has 0 aromatic heterocycles. The lowest BCUT2D eigenvalue weighted by molar-refractivity contribution is -0.129. The molecule has 0 saturated carbocycles. The fourth-order valence-corrected chi connectivity index (χ4v) is 2.23. The maximum absolute atomic E-state index is 11.9. The summed E-state index contributed by atoms with van der Waals surface area (Å²) in [4.78, 5) is 11.9. The molecule has 0 heterocycles. The van der Waals surface area contributed by atoms with Crippen molar-refractivity contribution in [3.8, 4) is 5.75 Å². The molecule has 0 aliphatic rings. The van der Waals surface area contributed by atoms with E-state index in [1.165, 1.54) is 6.08 Å². The summed E-state index contributed by atoms with van der Waals surface area (Å²) in [6.45, 7) is 10.4. The van der Waals surface area contributed by atoms with Crippen LogP contribution in [0.3, 0.4) is 0 Å². The quantitative estimate of drug-likeness (QED) is 0.614. The normalized spacial score (nSPS) is 12.5. The van der Waals surface area contributed by atoms with Gasteiger partial charge in [0, 0.05) is 6.08 Å². The van der Waals surface area contributed by atoms with E-state index in [1.807, 2.05) is 24.3 Å². The van der Waals surface area contributed by atoms with Crippen molar-refractivity contribution in [2.75, 3.05) is 7.11 Å². The molecule has 0 saturated heterocycles. The molecule has 1 aromatic carbocycles. The van der Waals surface area contributed by atoms with E-state index < -0.39 is 8.32 Å². The first-order valence-electron chi connectivity index (χ1n) is 6.71. The van der Waals surface area contributed by atoms with Crippen LogP contribution in [0.15, 0.2) is 30.3 Å². The van der Waals surface area contributed by atoms with Gasteiger partial charge in [-0.3, -0.25) is 0 Å². The van der Waals surface area contributed by atoms with Crippen molar-refractivity contribution in [2.45, 2.75) is 38.9 Å². The molecule has 0 aliphatic heterocycles. The molecule has 110 valence electrons. The lowest BCUT2D eigenvalue weighted by Crippen LogP contribution is -2.42. The number of methoxy groups -OCH3 is 1. The maximum Gasteiger partial charge on any atom is 0.317 e. The van der Waals surface area contributed by atoms with Crippen LogP contribution in [0.2, 0.25) is 18.1 Å². The van der Waals surface area contributed by atoms with E-state index in [4.69, 9.17) is 9.16 Å². The van der Waals surface area contributed by atoms with Crippen LogP contribution in [0.5, 0.6) is 5.75 Å². The highest BCUT2D eigenvalue weighted by atomic mass is 28.4. The van der Waals surface area contributed by atoms with E-state index in [-0.39, 0.29) is 11.0 Å². The Morgan fingerprint density at radius 1 is 1.25 bits per heavy atom. The number of hydrogen-bond acceptors (Lipinski definition) is 3. The van der Waals surface area contributed by atoms with Gasteiger partial charge in [-0.1, -0.05) is 32.9 Å². The molecule has 4 heteroatoms. The number of ether oxygens (including phenoxy) is 1. The van der Waals surface area contributed by atoms with Gasteiger partial charge in [-0.25, -0.2) is 4.79 Å². The standard InChI is InChI=1S/C16H24O3Si/c1-16(2,3)20(5,6)19-15(17)11-10-13-8-7-9-14(12-13)18-4/h7-12H,1-6H3/b11-10+. The van der Waals surface area contributed by atoms with Crippen LogP contribution in [-0.2, 0) is 9.22 Å². The summed E-state index contributed by atoms with van der Waals surface area (Å²) in [5.74, 6) is 0.490. The first-order valence-corrected chi connectivity index (χ1v) is 9.62. The van der Waals surface area contributed by atoms with Crippen molar-refractivity contribution in [2.24, 2.45) is 0 Å². The van der Waals surface area contributed by atoms with Crippen molar-refractivity contribution < 1.29 is 14.0 Å². The third kappa shape index (κ3) is 4.53. The third-order valence-corrected chi connectivity index (χ3v) is 7.99. The predicted molar refractivity (Wildman–Crippen MR) is 85.3 cm³/mol. The molecule has 0 fully saturated rings. The minimum absolute atomic E-state index is 0.0203. The Morgan fingerprint density at radius 3 is 2.45 bits per heavy atom. The van der Waals surface area contributed by atoms with Crippen LogP contribution in [-0.4, -0.2) is 21.4 Å². The average molecular weight is 292 g/mol. The zero-order chi connectivity index (χ0) is 15.4. The van der Waals surface area contributed by atoms with Gasteiger partial charge >= 0.3 is 5.97 Å². The number of carbonyl (C=O) groups is 1. The van der Waals surface area contributed by atoms with Crippen LogP contribution >= 0.6 is 0 Å². The summed E-state index contributed by atoms with van der Waals surface area (Å²) in [6, 6.07) is 7.54. The molecule has 0 bridgehead atoms. The van der Waals surface area contributed by atoms with Gasteiger partial charge in [-0.15, -0.1) is 0 Å². The number of benzene rings is 1. The molecule has 0 spiro atoms. The van der Waals surface area contributed by atoms with Gasteiger partial charge < -0.3 is 9.16 Å². The molecule has 3 nitrogen and oxygen atoms in total. The predicted octanol–water partition coefficient (Wildman–Crippen LogP) is 4.26. The Hall–Kier alpha value is -1.55. The monoisotopic (exact) mass is 292 g/mol. The van der Waals surface area contributed by atoms with Crippen LogP contribution in [0, 0.1) is 0 Å². The van der Waals surface area contributed by atoms with Crippen molar-refractivity contribution in [3.05, 3.63) is 35.9 Å². The van der Waals surface area contributed by atoms with E-state index in [9.17, 15) is 4.79 Å². The summed E-state index contributed by atoms with van der Waals surface area (Å²) < 4.78 is 10.8. The van der Waals surface area contributed by atoms with E-state index in [0.717, 1.165) is 11.3 Å². The smallest absolute Gasteiger partial charge is 0.317 e. The summed E-state index contributed by atoms with van der Waals surface area (Å²) in [5.41, 5.74) is 0.913. The Balaban J connectivity index is 2.73. The Labute approximate surface area is 122 Å². The molecular weight excluding hydrogens is 268 g/mol. The van der Waals surface area contributed by atoms with Gasteiger partial charge in [0.1, 0.15) is 5.75 Å². The number of carbonyl (C=O) groups excluding carboxylic acids is 1. The minimum atomic E-state index is -2.05. The Bertz CT molecular complexity index is 499. The van der Waals surface area contributed by atoms with E-state index in [0.29, 0.717) is 0 Å². The summed E-state index contributed by atoms with van der Waals surface area (Å²) in [6.07, 6.45) is 3.23. The SMILES string of the molecule is COc1cccc(/C=C/C(=O)O[Si](C)(C)C(C)(C)C)c1. The van der Waals surface area contributed by atoms with Gasteiger partial charge in [0.25, 0.3) is 8.32 Å². The first kappa shape index (κ1) is 16.5. The summed E-state index contributed by atoms with van der Waals surface area (Å²) in [5, 5.41) is 0.0203. The largest absolute Gasteiger partial charge is 0.516 e. The van der Waals surface area contributed by atoms with Crippen molar-refractivity contribution in [3.63, 3.8) is 0 Å². The van der Waals surface area contributed by atoms with Crippen LogP contribution in [0.4, 0.5) is 0 Å². The van der Waals surface area contributed by atoms with Gasteiger partial charge in [0.2, 0.25) is 0 Å². The van der Waals surface area contributed by atoms with E-state index >= 15 is 0 Å². The molecule has 0 unspecified atom stereocenters. The Morgan fingerprint density at radius 2 is 1.90 bits per heavy atom. The molecule has 0 amide bonds. The average Bonchev–Trinajstić information content (AvgIpc) is 2.35. The van der Waals surface area contributed by atoms with E-state index in [1.54, 1.807) is 13.2 Å². The third-order valence-electron chi connectivity index (χ3n) is 3.67. The summed E-state index contributed by atoms with van der Waals surface area (Å²) in [7, 11) is -0.430. The second kappa shape index (κ2) is 6.26. The second-order valence-electron chi connectivity index (χ2n) is 6.29. The molecule has 0 radical (unpaired) electrons. The molecule has 0 atom stereocenters. The highest BCUT2D eigenvalue weighted by molar-refractivity contribution is 6.75. The van der Waals surface area contributed by atoms with Gasteiger partial charge in [0.15, 0.2) is 0 Å². The van der Waals surface area contributed by atoms with Crippen LogP contribution < -0.4 is 4.74 Å². The minimum Gasteiger partial charge on any atom is -0.516 e. The van der Waals surface area contributed by atoms with Gasteiger partial charge in [-0.05, 0) is 41.9 Å². The topological polar surface area (TPSA) is 35.5 Å². The second-order valence-corrected chi connectivity index (χ2v) is 11.0. The highest BCUT2D eigenvalue weighted by Gasteiger charge is 2.39. The highest BCUT2D eigenvalue weighted by Crippen LogP contribution is 2.36. The lowest BCUT2D eigenvalue weighted by atomic mass is 10.2. The number of hydrogen-bond donors (Lipinski definition) is 0. The lowest BCUT2D eigenvalue weighted by Gasteiger charge is -2.34. The zero-order valence-corrected chi connectivity index (χ0v) is 14.2. The molecular formula is C16H24O3Si. The fraction of sp³-hybridized carbons (Fsp3) is 0.438. The van der Waals surface area contributed by atoms with Crippen LogP contribution in [0.1, 0.15) is 26.3 Å². The molecule has 1 aromatic rings. The Kier molecular flexibility index (Phi) is 5.17. The van der Waals surface area contributed by atoms with Crippen molar-refractivity contribution in [1.82, 2.24) is 0 Å². The van der Waals surface area contributed by atoms with Crippen LogP contribution in [0.25, 0.3) is 6.08 Å². The molecule has 20 heavy (non-hydrogen) atoms. The maximum atomic E-state index is 11.9.